The Morgan fingerprint density at radius 2 is 2.14 bits per heavy atom. The molecule has 0 aliphatic rings. The summed E-state index contributed by atoms with van der Waals surface area (Å²) in [7, 11) is 0. The van der Waals surface area contributed by atoms with Gasteiger partial charge in [0.05, 0.1) is 12.1 Å². The highest BCUT2D eigenvalue weighted by Crippen LogP contribution is 2.21. The van der Waals surface area contributed by atoms with Gasteiger partial charge in [0.2, 0.25) is 0 Å². The van der Waals surface area contributed by atoms with Gasteiger partial charge in [-0.3, -0.25) is 9.20 Å². The van der Waals surface area contributed by atoms with Crippen LogP contribution in [0.2, 0.25) is 0 Å². The Labute approximate surface area is 127 Å². The number of aromatic nitrogens is 2. The first-order chi connectivity index (χ1) is 10.1. The molecule has 0 bridgehead atoms. The molecular weight excluding hydrogens is 282 g/mol. The molecule has 0 amide bonds. The summed E-state index contributed by atoms with van der Waals surface area (Å²) >= 11 is 1.56. The molecule has 2 N–H and O–H groups in total. The van der Waals surface area contributed by atoms with E-state index in [2.05, 4.69) is 4.98 Å². The van der Waals surface area contributed by atoms with E-state index in [1.54, 1.807) is 11.3 Å². The molecule has 3 rings (SSSR count). The van der Waals surface area contributed by atoms with E-state index < -0.39 is 0 Å². The van der Waals surface area contributed by atoms with E-state index in [0.717, 1.165) is 16.2 Å². The lowest BCUT2D eigenvalue weighted by molar-refractivity contribution is -0.122. The molecule has 108 valence electrons. The Bertz CT molecular complexity index is 719. The number of nitrogens with two attached hydrogens (primary N) is 1. The molecule has 5 heteroatoms. The van der Waals surface area contributed by atoms with E-state index in [1.165, 1.54) is 0 Å². The molecule has 0 aliphatic carbocycles. The van der Waals surface area contributed by atoms with Crippen LogP contribution < -0.4 is 5.73 Å². The van der Waals surface area contributed by atoms with Gasteiger partial charge in [-0.2, -0.15) is 0 Å². The second kappa shape index (κ2) is 5.79. The summed E-state index contributed by atoms with van der Waals surface area (Å²) in [6.45, 7) is 1.89. The summed E-state index contributed by atoms with van der Waals surface area (Å²) in [4.78, 5) is 17.8. The molecule has 2 unspecified atom stereocenters. The molecule has 0 fully saturated rings. The molecular formula is C16H17N3OS. The fourth-order valence-corrected chi connectivity index (χ4v) is 3.08. The molecule has 0 saturated heterocycles. The van der Waals surface area contributed by atoms with Gasteiger partial charge in [-0.15, -0.1) is 11.3 Å². The largest absolute Gasteiger partial charge is 0.323 e. The first kappa shape index (κ1) is 14.0. The van der Waals surface area contributed by atoms with Crippen LogP contribution in [0.1, 0.15) is 24.2 Å². The van der Waals surface area contributed by atoms with E-state index >= 15 is 0 Å². The number of rotatable bonds is 5. The minimum Gasteiger partial charge on any atom is -0.323 e. The highest BCUT2D eigenvalue weighted by Gasteiger charge is 2.22. The molecule has 2 aromatic heterocycles. The number of Topliss-reactive ketones (excluding diaryl/α,β-unsaturated/α-hetero) is 1. The predicted octanol–water partition coefficient (Wildman–Crippen LogP) is 2.84. The van der Waals surface area contributed by atoms with Crippen LogP contribution >= 0.6 is 11.3 Å². The maximum atomic E-state index is 12.4. The van der Waals surface area contributed by atoms with Crippen molar-refractivity contribution in [3.63, 3.8) is 0 Å². The van der Waals surface area contributed by atoms with Crippen LogP contribution in [0.3, 0.4) is 0 Å². The van der Waals surface area contributed by atoms with Gasteiger partial charge < -0.3 is 5.73 Å². The topological polar surface area (TPSA) is 60.4 Å². The van der Waals surface area contributed by atoms with Gasteiger partial charge in [0, 0.05) is 29.7 Å². The van der Waals surface area contributed by atoms with Gasteiger partial charge in [-0.25, -0.2) is 4.98 Å². The summed E-state index contributed by atoms with van der Waals surface area (Å²) in [5, 5.41) is 1.97. The molecule has 1 aromatic carbocycles. The lowest BCUT2D eigenvalue weighted by atomic mass is 9.90. The number of imidazole rings is 1. The van der Waals surface area contributed by atoms with Gasteiger partial charge in [0.1, 0.15) is 5.78 Å². The van der Waals surface area contributed by atoms with Crippen molar-refractivity contribution in [1.29, 1.82) is 0 Å². The summed E-state index contributed by atoms with van der Waals surface area (Å²) in [6, 6.07) is 9.47. The number of ketones is 1. The van der Waals surface area contributed by atoms with E-state index in [0.29, 0.717) is 6.42 Å². The molecule has 0 radical (unpaired) electrons. The van der Waals surface area contributed by atoms with Crippen LogP contribution in [-0.4, -0.2) is 15.2 Å². The number of carbonyl (C=O) groups excluding carboxylic acids is 1. The van der Waals surface area contributed by atoms with E-state index in [1.807, 2.05) is 59.4 Å². The first-order valence-corrected chi connectivity index (χ1v) is 7.77. The lowest BCUT2D eigenvalue weighted by Gasteiger charge is -2.18. The zero-order valence-corrected chi connectivity index (χ0v) is 12.6. The standard InChI is InChI=1S/C16H17N3OS/c1-11(15(17)12-5-3-2-4-6-12)14(20)9-13-10-19-7-8-21-16(19)18-13/h2-8,10-11,15H,9,17H2,1H3. The third kappa shape index (κ3) is 2.89. The maximum absolute atomic E-state index is 12.4. The number of fused-ring (bicyclic) bond motifs is 1. The van der Waals surface area contributed by atoms with Crippen molar-refractivity contribution in [3.8, 4) is 0 Å². The average molecular weight is 299 g/mol. The molecule has 2 atom stereocenters. The van der Waals surface area contributed by atoms with Gasteiger partial charge in [0.25, 0.3) is 0 Å². The summed E-state index contributed by atoms with van der Waals surface area (Å²) in [5.41, 5.74) is 8.00. The number of hydrogen-bond donors (Lipinski definition) is 1. The molecule has 2 heterocycles. The first-order valence-electron chi connectivity index (χ1n) is 6.89. The van der Waals surface area contributed by atoms with Crippen molar-refractivity contribution >= 4 is 22.1 Å². The van der Waals surface area contributed by atoms with Crippen LogP contribution in [0.5, 0.6) is 0 Å². The molecule has 0 spiro atoms. The SMILES string of the molecule is CC(C(=O)Cc1cn2ccsc2n1)C(N)c1ccccc1. The van der Waals surface area contributed by atoms with Gasteiger partial charge in [0.15, 0.2) is 4.96 Å². The maximum Gasteiger partial charge on any atom is 0.193 e. The van der Waals surface area contributed by atoms with Crippen molar-refractivity contribution in [2.24, 2.45) is 11.7 Å². The second-order valence-corrected chi connectivity index (χ2v) is 6.07. The van der Waals surface area contributed by atoms with E-state index in [-0.39, 0.29) is 17.7 Å². The van der Waals surface area contributed by atoms with Crippen LogP contribution in [0.15, 0.2) is 48.1 Å². The van der Waals surface area contributed by atoms with Crippen molar-refractivity contribution in [3.05, 3.63) is 59.4 Å². The molecule has 0 saturated carbocycles. The van der Waals surface area contributed by atoms with E-state index in [4.69, 9.17) is 5.73 Å². The normalized spacial score (nSPS) is 14.2. The molecule has 3 aromatic rings. The third-order valence-electron chi connectivity index (χ3n) is 3.73. The Balaban J connectivity index is 1.71. The number of thiazole rings is 1. The third-order valence-corrected chi connectivity index (χ3v) is 4.50. The van der Waals surface area contributed by atoms with Crippen molar-refractivity contribution in [2.45, 2.75) is 19.4 Å². The van der Waals surface area contributed by atoms with Crippen LogP contribution in [0.25, 0.3) is 4.96 Å². The Hall–Kier alpha value is -1.98. The fraction of sp³-hybridized carbons (Fsp3) is 0.250. The summed E-state index contributed by atoms with van der Waals surface area (Å²) < 4.78 is 1.94. The van der Waals surface area contributed by atoms with Crippen LogP contribution in [0, 0.1) is 5.92 Å². The van der Waals surface area contributed by atoms with Gasteiger partial charge in [-0.05, 0) is 5.56 Å². The number of hydrogen-bond acceptors (Lipinski definition) is 4. The van der Waals surface area contributed by atoms with Gasteiger partial charge in [-0.1, -0.05) is 37.3 Å². The lowest BCUT2D eigenvalue weighted by Crippen LogP contribution is -2.27. The second-order valence-electron chi connectivity index (χ2n) is 5.19. The minimum atomic E-state index is -0.276. The van der Waals surface area contributed by atoms with Crippen molar-refractivity contribution in [1.82, 2.24) is 9.38 Å². The summed E-state index contributed by atoms with van der Waals surface area (Å²) in [5.74, 6) is -0.107. The monoisotopic (exact) mass is 299 g/mol. The Morgan fingerprint density at radius 3 is 2.86 bits per heavy atom. The Kier molecular flexibility index (Phi) is 3.86. The zero-order chi connectivity index (χ0) is 14.8. The van der Waals surface area contributed by atoms with Crippen molar-refractivity contribution < 1.29 is 4.79 Å². The van der Waals surface area contributed by atoms with Crippen LogP contribution in [0.4, 0.5) is 0 Å². The van der Waals surface area contributed by atoms with Crippen molar-refractivity contribution in [2.75, 3.05) is 0 Å². The minimum absolute atomic E-state index is 0.122. The quantitative estimate of drug-likeness (QED) is 0.788. The molecule has 4 nitrogen and oxygen atoms in total. The van der Waals surface area contributed by atoms with Crippen LogP contribution in [-0.2, 0) is 11.2 Å². The highest BCUT2D eigenvalue weighted by molar-refractivity contribution is 7.15. The fourth-order valence-electron chi connectivity index (χ4n) is 2.36. The number of nitrogens with zero attached hydrogens (tertiary/aromatic N) is 2. The molecule has 0 aliphatic heterocycles. The molecule has 21 heavy (non-hydrogen) atoms. The average Bonchev–Trinajstić information content (AvgIpc) is 3.07. The Morgan fingerprint density at radius 1 is 1.38 bits per heavy atom. The zero-order valence-electron chi connectivity index (χ0n) is 11.8. The number of carbonyl (C=O) groups is 1. The predicted molar refractivity (Wildman–Crippen MR) is 84.3 cm³/mol. The number of benzene rings is 1. The van der Waals surface area contributed by atoms with E-state index in [9.17, 15) is 4.79 Å². The smallest absolute Gasteiger partial charge is 0.193 e. The summed E-state index contributed by atoms with van der Waals surface area (Å²) in [6.07, 6.45) is 4.18. The van der Waals surface area contributed by atoms with Gasteiger partial charge >= 0.3 is 0 Å². The highest BCUT2D eigenvalue weighted by atomic mass is 32.1.